The van der Waals surface area contributed by atoms with E-state index in [1.807, 2.05) is 6.08 Å². The van der Waals surface area contributed by atoms with E-state index in [1.54, 1.807) is 0 Å². The molecule has 74 valence electrons. The maximum absolute atomic E-state index is 10.6. The Labute approximate surface area is 78.6 Å². The number of carbonyl (C=O) groups is 1. The van der Waals surface area contributed by atoms with Gasteiger partial charge in [0.2, 0.25) is 0 Å². The highest BCUT2D eigenvalue weighted by Crippen LogP contribution is 2.18. The second-order valence-electron chi connectivity index (χ2n) is 3.55. The Morgan fingerprint density at radius 3 is 2.77 bits per heavy atom. The summed E-state index contributed by atoms with van der Waals surface area (Å²) in [5, 5.41) is 8.73. The molecule has 0 aromatic heterocycles. The van der Waals surface area contributed by atoms with E-state index in [2.05, 4.69) is 0 Å². The molecular formula is C10H17NO2. The molecule has 0 radical (unpaired) electrons. The molecule has 3 N–H and O–H groups in total. The van der Waals surface area contributed by atoms with Gasteiger partial charge < -0.3 is 10.8 Å². The van der Waals surface area contributed by atoms with Crippen LogP contribution in [0.5, 0.6) is 0 Å². The zero-order chi connectivity index (χ0) is 9.68. The fraction of sp³-hybridized carbons (Fsp3) is 0.700. The fourth-order valence-corrected chi connectivity index (χ4v) is 1.66. The van der Waals surface area contributed by atoms with Crippen molar-refractivity contribution in [3.05, 3.63) is 11.6 Å². The van der Waals surface area contributed by atoms with Crippen molar-refractivity contribution in [1.29, 1.82) is 0 Å². The number of hydrogen-bond acceptors (Lipinski definition) is 2. The Hall–Kier alpha value is -0.830. The summed E-state index contributed by atoms with van der Waals surface area (Å²) in [6, 6.07) is -0.780. The summed E-state index contributed by atoms with van der Waals surface area (Å²) in [7, 11) is 0. The molecule has 0 bridgehead atoms. The highest BCUT2D eigenvalue weighted by molar-refractivity contribution is 5.77. The van der Waals surface area contributed by atoms with Crippen molar-refractivity contribution in [3.8, 4) is 0 Å². The van der Waals surface area contributed by atoms with E-state index in [1.165, 1.54) is 12.8 Å². The summed E-state index contributed by atoms with van der Waals surface area (Å²) in [6.07, 6.45) is 8.54. The van der Waals surface area contributed by atoms with Crippen molar-refractivity contribution in [3.63, 3.8) is 0 Å². The summed E-state index contributed by atoms with van der Waals surface area (Å²) >= 11 is 0. The lowest BCUT2D eigenvalue weighted by Crippen LogP contribution is -2.32. The van der Waals surface area contributed by atoms with Crippen LogP contribution in [0.15, 0.2) is 11.6 Å². The van der Waals surface area contributed by atoms with Crippen molar-refractivity contribution < 1.29 is 9.90 Å². The van der Waals surface area contributed by atoms with Gasteiger partial charge in [-0.1, -0.05) is 18.9 Å². The van der Waals surface area contributed by atoms with Crippen molar-refractivity contribution >= 4 is 5.97 Å². The molecule has 3 nitrogen and oxygen atoms in total. The third-order valence-electron chi connectivity index (χ3n) is 2.49. The van der Waals surface area contributed by atoms with Crippen LogP contribution in [0, 0.1) is 0 Å². The van der Waals surface area contributed by atoms with Crippen LogP contribution in [0.2, 0.25) is 0 Å². The summed E-state index contributed by atoms with van der Waals surface area (Å²) in [6.45, 7) is 0. The minimum Gasteiger partial charge on any atom is -0.480 e. The Morgan fingerprint density at radius 2 is 2.08 bits per heavy atom. The molecule has 13 heavy (non-hydrogen) atoms. The van der Waals surface area contributed by atoms with Crippen LogP contribution in [-0.4, -0.2) is 17.1 Å². The van der Waals surface area contributed by atoms with Crippen molar-refractivity contribution in [2.45, 2.75) is 44.6 Å². The van der Waals surface area contributed by atoms with E-state index < -0.39 is 12.0 Å². The van der Waals surface area contributed by atoms with Gasteiger partial charge in [0, 0.05) is 0 Å². The fourth-order valence-electron chi connectivity index (χ4n) is 1.66. The summed E-state index contributed by atoms with van der Waals surface area (Å²) in [5.74, 6) is -0.910. The molecule has 0 saturated heterocycles. The van der Waals surface area contributed by atoms with Gasteiger partial charge in [-0.25, -0.2) is 0 Å². The number of hydrogen-bond donors (Lipinski definition) is 2. The molecule has 0 aliphatic heterocycles. The zero-order valence-electron chi connectivity index (χ0n) is 7.83. The van der Waals surface area contributed by atoms with Crippen LogP contribution in [0.1, 0.15) is 38.5 Å². The van der Waals surface area contributed by atoms with Crippen molar-refractivity contribution in [2.24, 2.45) is 5.73 Å². The van der Waals surface area contributed by atoms with E-state index >= 15 is 0 Å². The van der Waals surface area contributed by atoms with Crippen LogP contribution >= 0.6 is 0 Å². The van der Waals surface area contributed by atoms with Crippen molar-refractivity contribution in [1.82, 2.24) is 0 Å². The first kappa shape index (κ1) is 10.3. The second-order valence-corrected chi connectivity index (χ2v) is 3.55. The molecule has 1 rings (SSSR count). The van der Waals surface area contributed by atoms with Crippen LogP contribution in [0.4, 0.5) is 0 Å². The number of carboxylic acid groups (broad SMARTS) is 1. The third-order valence-corrected chi connectivity index (χ3v) is 2.49. The minimum absolute atomic E-state index is 0.780. The summed E-state index contributed by atoms with van der Waals surface area (Å²) < 4.78 is 0. The topological polar surface area (TPSA) is 63.3 Å². The SMILES string of the molecule is N[C@H](C(=O)O)/C1=C\CCCCCC1. The van der Waals surface area contributed by atoms with Gasteiger partial charge in [-0.2, -0.15) is 0 Å². The molecule has 0 saturated carbocycles. The number of nitrogens with two attached hydrogens (primary N) is 1. The quantitative estimate of drug-likeness (QED) is 0.640. The molecule has 0 amide bonds. The van der Waals surface area contributed by atoms with E-state index in [0.29, 0.717) is 0 Å². The molecule has 0 spiro atoms. The molecule has 1 aliphatic carbocycles. The molecule has 0 fully saturated rings. The smallest absolute Gasteiger partial charge is 0.324 e. The largest absolute Gasteiger partial charge is 0.480 e. The number of allylic oxidation sites excluding steroid dienone is 1. The van der Waals surface area contributed by atoms with Gasteiger partial charge >= 0.3 is 5.97 Å². The molecular weight excluding hydrogens is 166 g/mol. The summed E-state index contributed by atoms with van der Waals surface area (Å²) in [4.78, 5) is 10.6. The van der Waals surface area contributed by atoms with E-state index in [9.17, 15) is 4.79 Å². The first-order chi connectivity index (χ1) is 6.22. The standard InChI is InChI=1S/C10H17NO2/c11-9(10(12)13)8-6-4-2-1-3-5-7-8/h6,9H,1-5,7,11H2,(H,12,13)/b8-6-/t9-/m0/s1. The Kier molecular flexibility index (Phi) is 3.96. The van der Waals surface area contributed by atoms with Crippen LogP contribution in [-0.2, 0) is 4.79 Å². The van der Waals surface area contributed by atoms with Crippen LogP contribution in [0.3, 0.4) is 0 Å². The molecule has 0 aromatic rings. The molecule has 1 aliphatic rings. The third kappa shape index (κ3) is 3.19. The number of rotatable bonds is 2. The first-order valence-corrected chi connectivity index (χ1v) is 4.89. The predicted molar refractivity (Wildman–Crippen MR) is 51.4 cm³/mol. The highest BCUT2D eigenvalue weighted by Gasteiger charge is 2.16. The van der Waals surface area contributed by atoms with Crippen LogP contribution in [0.25, 0.3) is 0 Å². The normalized spacial score (nSPS) is 25.2. The lowest BCUT2D eigenvalue weighted by atomic mass is 9.95. The molecule has 0 heterocycles. The maximum atomic E-state index is 10.6. The van der Waals surface area contributed by atoms with E-state index in [4.69, 9.17) is 10.8 Å². The average molecular weight is 183 g/mol. The van der Waals surface area contributed by atoms with Gasteiger partial charge in [0.05, 0.1) is 0 Å². The Bertz CT molecular complexity index is 211. The monoisotopic (exact) mass is 183 g/mol. The number of aliphatic carboxylic acids is 1. The predicted octanol–water partition coefficient (Wildman–Crippen LogP) is 1.68. The van der Waals surface area contributed by atoms with Crippen molar-refractivity contribution in [2.75, 3.05) is 0 Å². The average Bonchev–Trinajstić information content (AvgIpc) is 2.02. The highest BCUT2D eigenvalue weighted by atomic mass is 16.4. The lowest BCUT2D eigenvalue weighted by Gasteiger charge is -2.14. The first-order valence-electron chi connectivity index (χ1n) is 4.89. The van der Waals surface area contributed by atoms with Gasteiger partial charge in [-0.15, -0.1) is 0 Å². The van der Waals surface area contributed by atoms with Gasteiger partial charge in [0.25, 0.3) is 0 Å². The molecule has 0 unspecified atom stereocenters. The van der Waals surface area contributed by atoms with Gasteiger partial charge in [0.15, 0.2) is 0 Å². The lowest BCUT2D eigenvalue weighted by molar-refractivity contribution is -0.137. The van der Waals surface area contributed by atoms with E-state index in [0.717, 1.165) is 31.3 Å². The molecule has 0 aromatic carbocycles. The van der Waals surface area contributed by atoms with Gasteiger partial charge in [-0.05, 0) is 31.3 Å². The Balaban J connectivity index is 2.58. The van der Waals surface area contributed by atoms with E-state index in [-0.39, 0.29) is 0 Å². The zero-order valence-corrected chi connectivity index (χ0v) is 7.83. The minimum atomic E-state index is -0.910. The van der Waals surface area contributed by atoms with Crippen LogP contribution < -0.4 is 5.73 Å². The molecule has 3 heteroatoms. The van der Waals surface area contributed by atoms with Gasteiger partial charge in [0.1, 0.15) is 6.04 Å². The summed E-state index contributed by atoms with van der Waals surface area (Å²) in [5.41, 5.74) is 6.45. The Morgan fingerprint density at radius 1 is 1.38 bits per heavy atom. The van der Waals surface area contributed by atoms with Gasteiger partial charge in [-0.3, -0.25) is 4.79 Å². The molecule has 1 atom stereocenters. The maximum Gasteiger partial charge on any atom is 0.324 e. The number of carboxylic acids is 1. The second kappa shape index (κ2) is 5.02.